The molecule has 23 heavy (non-hydrogen) atoms. The van der Waals surface area contributed by atoms with Gasteiger partial charge in [0.2, 0.25) is 11.8 Å². The van der Waals surface area contributed by atoms with Gasteiger partial charge in [-0.1, -0.05) is 6.07 Å². The average molecular weight is 309 g/mol. The topological polar surface area (TPSA) is 89.6 Å². The van der Waals surface area contributed by atoms with Crippen molar-refractivity contribution in [3.63, 3.8) is 0 Å². The second-order valence-corrected chi connectivity index (χ2v) is 5.09. The monoisotopic (exact) mass is 309 g/mol. The smallest absolute Gasteiger partial charge is 0.236 e. The average Bonchev–Trinajstić information content (AvgIpc) is 3.25. The van der Waals surface area contributed by atoms with Crippen molar-refractivity contribution in [2.24, 2.45) is 4.99 Å². The van der Waals surface area contributed by atoms with Crippen molar-refractivity contribution < 1.29 is 4.74 Å². The van der Waals surface area contributed by atoms with E-state index in [0.717, 1.165) is 17.0 Å². The molecule has 0 unspecified atom stereocenters. The highest BCUT2D eigenvalue weighted by Gasteiger charge is 2.24. The predicted octanol–water partition coefficient (Wildman–Crippen LogP) is 1.31. The third-order valence-electron chi connectivity index (χ3n) is 3.68. The Morgan fingerprint density at radius 2 is 2.22 bits per heavy atom. The van der Waals surface area contributed by atoms with E-state index in [-0.39, 0.29) is 0 Å². The van der Waals surface area contributed by atoms with Crippen molar-refractivity contribution in [1.82, 2.24) is 24.6 Å². The third kappa shape index (κ3) is 2.10. The fourth-order valence-electron chi connectivity index (χ4n) is 2.67. The van der Waals surface area contributed by atoms with Crippen molar-refractivity contribution >= 4 is 17.5 Å². The van der Waals surface area contributed by atoms with Crippen LogP contribution < -0.4 is 5.32 Å². The van der Waals surface area contributed by atoms with Crippen molar-refractivity contribution in [2.75, 3.05) is 25.5 Å². The predicted molar refractivity (Wildman–Crippen MR) is 85.7 cm³/mol. The van der Waals surface area contributed by atoms with E-state index < -0.39 is 0 Å². The Hall–Kier alpha value is -3.03. The van der Waals surface area contributed by atoms with Crippen LogP contribution in [0.5, 0.6) is 0 Å². The molecule has 3 aromatic rings. The van der Waals surface area contributed by atoms with Crippen LogP contribution in [0.4, 0.5) is 5.95 Å². The first-order valence-corrected chi connectivity index (χ1v) is 7.31. The molecule has 0 saturated carbocycles. The Morgan fingerprint density at radius 1 is 1.30 bits per heavy atom. The van der Waals surface area contributed by atoms with Crippen LogP contribution >= 0.6 is 0 Å². The molecule has 0 aromatic carbocycles. The number of nitrogens with zero attached hydrogens (tertiary/aromatic N) is 6. The zero-order valence-corrected chi connectivity index (χ0v) is 12.8. The lowest BCUT2D eigenvalue weighted by atomic mass is 10.1. The third-order valence-corrected chi connectivity index (χ3v) is 3.68. The number of aromatic nitrogens is 5. The highest BCUT2D eigenvalue weighted by molar-refractivity contribution is 6.03. The van der Waals surface area contributed by atoms with Crippen molar-refractivity contribution in [3.05, 3.63) is 36.0 Å². The zero-order chi connectivity index (χ0) is 15.8. The second kappa shape index (κ2) is 5.31. The number of rotatable bonds is 3. The SMILES string of the molecule is CNc1nc(C2=NCCO2)c(-c2cccnc2)c2nnc(C)n12. The van der Waals surface area contributed by atoms with E-state index in [1.54, 1.807) is 12.4 Å². The van der Waals surface area contributed by atoms with Gasteiger partial charge in [-0.3, -0.25) is 4.98 Å². The maximum absolute atomic E-state index is 5.64. The first-order chi connectivity index (χ1) is 11.3. The Balaban J connectivity index is 2.10. The van der Waals surface area contributed by atoms with E-state index in [1.165, 1.54) is 0 Å². The molecule has 0 fully saturated rings. The van der Waals surface area contributed by atoms with E-state index in [0.29, 0.717) is 36.3 Å². The quantitative estimate of drug-likeness (QED) is 0.784. The molecule has 0 radical (unpaired) electrons. The zero-order valence-electron chi connectivity index (χ0n) is 12.8. The fourth-order valence-corrected chi connectivity index (χ4v) is 2.67. The van der Waals surface area contributed by atoms with Gasteiger partial charge in [0, 0.05) is 25.0 Å². The van der Waals surface area contributed by atoms with Crippen LogP contribution in [0.25, 0.3) is 16.8 Å². The summed E-state index contributed by atoms with van der Waals surface area (Å²) in [5, 5.41) is 11.6. The molecule has 1 aliphatic rings. The minimum absolute atomic E-state index is 0.531. The fraction of sp³-hybridized carbons (Fsp3) is 0.267. The Morgan fingerprint density at radius 3 is 2.91 bits per heavy atom. The maximum Gasteiger partial charge on any atom is 0.236 e. The van der Waals surface area contributed by atoms with Gasteiger partial charge >= 0.3 is 0 Å². The normalized spacial score (nSPS) is 13.9. The van der Waals surface area contributed by atoms with Gasteiger partial charge in [-0.2, -0.15) is 0 Å². The molecular weight excluding hydrogens is 294 g/mol. The van der Waals surface area contributed by atoms with E-state index in [4.69, 9.17) is 9.72 Å². The molecule has 8 heteroatoms. The van der Waals surface area contributed by atoms with Gasteiger partial charge < -0.3 is 10.1 Å². The van der Waals surface area contributed by atoms with Gasteiger partial charge in [0.25, 0.3) is 0 Å². The lowest BCUT2D eigenvalue weighted by Crippen LogP contribution is -2.13. The number of hydrogen-bond acceptors (Lipinski definition) is 7. The molecule has 3 aromatic heterocycles. The molecule has 116 valence electrons. The summed E-state index contributed by atoms with van der Waals surface area (Å²) in [4.78, 5) is 13.3. The van der Waals surface area contributed by atoms with Crippen molar-refractivity contribution in [2.45, 2.75) is 6.92 Å². The first kappa shape index (κ1) is 13.6. The molecule has 0 atom stereocenters. The Bertz CT molecular complexity index is 901. The minimum atomic E-state index is 0.531. The number of aliphatic imine (C=N–C) groups is 1. The Kier molecular flexibility index (Phi) is 3.14. The molecule has 0 bridgehead atoms. The van der Waals surface area contributed by atoms with Crippen LogP contribution in [-0.2, 0) is 4.74 Å². The number of nitrogens with one attached hydrogen (secondary N) is 1. The van der Waals surface area contributed by atoms with Crippen LogP contribution in [-0.4, -0.2) is 50.7 Å². The van der Waals surface area contributed by atoms with E-state index >= 15 is 0 Å². The molecule has 0 aliphatic carbocycles. The molecule has 4 rings (SSSR count). The lowest BCUT2D eigenvalue weighted by molar-refractivity contribution is 0.347. The molecule has 0 saturated heterocycles. The van der Waals surface area contributed by atoms with E-state index in [1.807, 2.05) is 30.5 Å². The summed E-state index contributed by atoms with van der Waals surface area (Å²) < 4.78 is 7.51. The molecular formula is C15H15N7O. The largest absolute Gasteiger partial charge is 0.474 e. The highest BCUT2D eigenvalue weighted by Crippen LogP contribution is 2.30. The van der Waals surface area contributed by atoms with Gasteiger partial charge in [0.05, 0.1) is 12.1 Å². The van der Waals surface area contributed by atoms with Crippen LogP contribution in [0, 0.1) is 6.92 Å². The number of fused-ring (bicyclic) bond motifs is 1. The molecule has 0 amide bonds. The van der Waals surface area contributed by atoms with Crippen molar-refractivity contribution in [3.8, 4) is 11.1 Å². The van der Waals surface area contributed by atoms with Gasteiger partial charge in [-0.05, 0) is 13.0 Å². The number of aryl methyl sites for hydroxylation is 1. The minimum Gasteiger partial charge on any atom is -0.474 e. The number of ether oxygens (including phenoxy) is 1. The summed E-state index contributed by atoms with van der Waals surface area (Å²) in [7, 11) is 1.81. The van der Waals surface area contributed by atoms with Crippen LogP contribution in [0.2, 0.25) is 0 Å². The molecule has 0 spiro atoms. The van der Waals surface area contributed by atoms with Gasteiger partial charge in [-0.15, -0.1) is 10.2 Å². The molecule has 1 N–H and O–H groups in total. The van der Waals surface area contributed by atoms with Crippen LogP contribution in [0.15, 0.2) is 29.5 Å². The lowest BCUT2D eigenvalue weighted by Gasteiger charge is -2.13. The van der Waals surface area contributed by atoms with Gasteiger partial charge in [0.15, 0.2) is 5.65 Å². The summed E-state index contributed by atoms with van der Waals surface area (Å²) >= 11 is 0. The molecule has 1 aliphatic heterocycles. The molecule has 4 heterocycles. The highest BCUT2D eigenvalue weighted by atomic mass is 16.5. The van der Waals surface area contributed by atoms with E-state index in [9.17, 15) is 0 Å². The number of anilines is 1. The summed E-state index contributed by atoms with van der Waals surface area (Å²) in [6.07, 6.45) is 3.51. The van der Waals surface area contributed by atoms with Crippen molar-refractivity contribution in [1.29, 1.82) is 0 Å². The Labute approximate surface area is 132 Å². The molecule has 8 nitrogen and oxygen atoms in total. The van der Waals surface area contributed by atoms with Gasteiger partial charge in [-0.25, -0.2) is 14.4 Å². The van der Waals surface area contributed by atoms with E-state index in [2.05, 4.69) is 25.5 Å². The van der Waals surface area contributed by atoms with Gasteiger partial charge in [0.1, 0.15) is 18.1 Å². The summed E-state index contributed by atoms with van der Waals surface area (Å²) in [5.74, 6) is 1.93. The summed E-state index contributed by atoms with van der Waals surface area (Å²) in [5.41, 5.74) is 3.06. The number of pyridine rings is 1. The maximum atomic E-state index is 5.64. The van der Waals surface area contributed by atoms with Crippen LogP contribution in [0.3, 0.4) is 0 Å². The number of hydrogen-bond donors (Lipinski definition) is 1. The standard InChI is InChI=1S/C15H15N7O/c1-9-20-21-13-11(10-4-3-5-17-8-10)12(14-18-6-7-23-14)19-15(16-2)22(9)13/h3-5,8H,6-7H2,1-2H3,(H,16,19). The summed E-state index contributed by atoms with van der Waals surface area (Å²) in [6.45, 7) is 3.09. The summed E-state index contributed by atoms with van der Waals surface area (Å²) in [6, 6.07) is 3.84. The second-order valence-electron chi connectivity index (χ2n) is 5.09. The first-order valence-electron chi connectivity index (χ1n) is 7.31. The van der Waals surface area contributed by atoms with Crippen LogP contribution in [0.1, 0.15) is 11.5 Å².